The molecule has 3 aromatic heterocycles. The molecule has 0 aliphatic carbocycles. The number of hydrogen-bond acceptors (Lipinski definition) is 4. The molecule has 1 aliphatic rings. The maximum Gasteiger partial charge on any atom is 0.174 e. The third-order valence-electron chi connectivity index (χ3n) is 6.42. The van der Waals surface area contributed by atoms with Gasteiger partial charge in [-0.05, 0) is 91.4 Å². The molecule has 0 bridgehead atoms. The number of nitrogens with zero attached hydrogens (tertiary/aromatic N) is 4. The molecule has 5 aromatic rings. The van der Waals surface area contributed by atoms with E-state index in [0.29, 0.717) is 5.11 Å². The van der Waals surface area contributed by atoms with E-state index in [9.17, 15) is 0 Å². The van der Waals surface area contributed by atoms with Crippen LogP contribution in [0.1, 0.15) is 29.0 Å². The first-order valence-electron chi connectivity index (χ1n) is 12.1. The number of rotatable bonds is 6. The quantitative estimate of drug-likeness (QED) is 0.265. The zero-order valence-corrected chi connectivity index (χ0v) is 21.0. The van der Waals surface area contributed by atoms with Crippen LogP contribution >= 0.6 is 12.2 Å². The molecule has 1 N–H and O–H groups in total. The van der Waals surface area contributed by atoms with E-state index in [0.717, 1.165) is 40.0 Å². The van der Waals surface area contributed by atoms with Crippen LogP contribution in [-0.2, 0) is 0 Å². The van der Waals surface area contributed by atoms with Gasteiger partial charge in [-0.25, -0.2) is 4.98 Å². The Bertz CT molecular complexity index is 1500. The second-order valence-corrected chi connectivity index (χ2v) is 9.29. The number of benzene rings is 2. The van der Waals surface area contributed by atoms with Crippen LogP contribution in [0.5, 0.6) is 11.5 Å². The Hall–Kier alpha value is -4.49. The van der Waals surface area contributed by atoms with Crippen LogP contribution in [0.2, 0.25) is 0 Å². The summed E-state index contributed by atoms with van der Waals surface area (Å²) in [4.78, 5) is 11.5. The molecule has 6 rings (SSSR count). The molecule has 7 heteroatoms. The van der Waals surface area contributed by atoms with E-state index in [1.54, 1.807) is 0 Å². The Morgan fingerprint density at radius 1 is 0.811 bits per heavy atom. The normalized spacial score (nSPS) is 17.0. The van der Waals surface area contributed by atoms with Crippen LogP contribution in [0.25, 0.3) is 5.82 Å². The van der Waals surface area contributed by atoms with E-state index < -0.39 is 0 Å². The molecule has 1 fully saturated rings. The molecule has 0 saturated carbocycles. The largest absolute Gasteiger partial charge is 0.457 e. The van der Waals surface area contributed by atoms with Crippen LogP contribution in [0.4, 0.5) is 5.69 Å². The van der Waals surface area contributed by atoms with Gasteiger partial charge in [0.25, 0.3) is 0 Å². The molecule has 1 aliphatic heterocycles. The molecule has 1 saturated heterocycles. The minimum absolute atomic E-state index is 0.145. The summed E-state index contributed by atoms with van der Waals surface area (Å²) in [6, 6.07) is 31.7. The molecule has 0 unspecified atom stereocenters. The van der Waals surface area contributed by atoms with Crippen molar-refractivity contribution in [3.8, 4) is 17.3 Å². The number of aryl methyl sites for hydroxylation is 1. The first-order valence-corrected chi connectivity index (χ1v) is 12.5. The number of nitrogens with one attached hydrogen (secondary N) is 1. The monoisotopic (exact) mass is 503 g/mol. The third kappa shape index (κ3) is 4.57. The van der Waals surface area contributed by atoms with Crippen LogP contribution in [0.15, 0.2) is 116 Å². The summed E-state index contributed by atoms with van der Waals surface area (Å²) in [6.45, 7) is 2.04. The van der Waals surface area contributed by atoms with Gasteiger partial charge < -0.3 is 19.5 Å². The Balaban J connectivity index is 1.40. The number of ether oxygens (including phenoxy) is 1. The Morgan fingerprint density at radius 2 is 1.59 bits per heavy atom. The van der Waals surface area contributed by atoms with Gasteiger partial charge >= 0.3 is 0 Å². The van der Waals surface area contributed by atoms with Crippen molar-refractivity contribution in [1.29, 1.82) is 0 Å². The summed E-state index contributed by atoms with van der Waals surface area (Å²) in [6.07, 6.45) is 5.74. The summed E-state index contributed by atoms with van der Waals surface area (Å²) >= 11 is 5.90. The second-order valence-electron chi connectivity index (χ2n) is 8.90. The van der Waals surface area contributed by atoms with E-state index >= 15 is 0 Å². The van der Waals surface area contributed by atoms with E-state index in [-0.39, 0.29) is 12.1 Å². The van der Waals surface area contributed by atoms with Crippen molar-refractivity contribution in [2.75, 3.05) is 4.90 Å². The lowest BCUT2D eigenvalue weighted by Crippen LogP contribution is -2.30. The summed E-state index contributed by atoms with van der Waals surface area (Å²) < 4.78 is 8.13. The molecule has 0 amide bonds. The number of aromatic nitrogens is 3. The average molecular weight is 504 g/mol. The maximum absolute atomic E-state index is 6.01. The highest BCUT2D eigenvalue weighted by molar-refractivity contribution is 7.80. The number of anilines is 1. The van der Waals surface area contributed by atoms with Gasteiger partial charge in [-0.2, -0.15) is 0 Å². The molecule has 0 spiro atoms. The van der Waals surface area contributed by atoms with Crippen molar-refractivity contribution in [2.24, 2.45) is 0 Å². The van der Waals surface area contributed by atoms with Crippen LogP contribution < -0.4 is 15.0 Å². The standard InChI is InChI=1S/C30H25N5OS/c1-21-12-17-27(32-20-21)34-19-7-11-26(34)29-28(25-10-5-6-18-31-25)33-30(37)35(29)22-13-15-24(16-14-22)36-23-8-3-2-4-9-23/h2-20,28-29H,1H3,(H,33,37)/t28-,29-/m1/s1. The third-order valence-corrected chi connectivity index (χ3v) is 6.73. The zero-order chi connectivity index (χ0) is 25.2. The minimum atomic E-state index is -0.151. The topological polar surface area (TPSA) is 55.2 Å². The molecule has 0 radical (unpaired) electrons. The summed E-state index contributed by atoms with van der Waals surface area (Å²) in [5.41, 5.74) is 4.06. The summed E-state index contributed by atoms with van der Waals surface area (Å²) in [5.74, 6) is 2.41. The number of thiocarbonyl (C=S) groups is 1. The molecule has 2 atom stereocenters. The van der Waals surface area contributed by atoms with Crippen molar-refractivity contribution in [1.82, 2.24) is 19.9 Å². The lowest BCUT2D eigenvalue weighted by Gasteiger charge is -2.29. The highest BCUT2D eigenvalue weighted by Crippen LogP contribution is 2.42. The van der Waals surface area contributed by atoms with Crippen molar-refractivity contribution in [3.63, 3.8) is 0 Å². The maximum atomic E-state index is 6.01. The highest BCUT2D eigenvalue weighted by Gasteiger charge is 2.42. The van der Waals surface area contributed by atoms with Gasteiger partial charge in [-0.3, -0.25) is 4.98 Å². The smallest absolute Gasteiger partial charge is 0.174 e. The molecule has 37 heavy (non-hydrogen) atoms. The van der Waals surface area contributed by atoms with Gasteiger partial charge in [-0.1, -0.05) is 30.3 Å². The van der Waals surface area contributed by atoms with Crippen LogP contribution in [0, 0.1) is 6.92 Å². The lowest BCUT2D eigenvalue weighted by atomic mass is 10.0. The van der Waals surface area contributed by atoms with Gasteiger partial charge in [0.15, 0.2) is 5.11 Å². The van der Waals surface area contributed by atoms with Crippen LogP contribution in [0.3, 0.4) is 0 Å². The van der Waals surface area contributed by atoms with E-state index in [4.69, 9.17) is 17.0 Å². The molecule has 182 valence electrons. The van der Waals surface area contributed by atoms with Crippen molar-refractivity contribution >= 4 is 23.0 Å². The predicted octanol–water partition coefficient (Wildman–Crippen LogP) is 6.55. The number of para-hydroxylation sites is 1. The van der Waals surface area contributed by atoms with E-state index in [1.165, 1.54) is 0 Å². The van der Waals surface area contributed by atoms with Gasteiger partial charge in [0.2, 0.25) is 0 Å². The Kier molecular flexibility index (Phi) is 6.12. The van der Waals surface area contributed by atoms with Gasteiger partial charge in [0.05, 0.1) is 11.7 Å². The second kappa shape index (κ2) is 9.87. The molecular formula is C30H25N5OS. The Morgan fingerprint density at radius 3 is 2.32 bits per heavy atom. The fourth-order valence-corrected chi connectivity index (χ4v) is 5.03. The van der Waals surface area contributed by atoms with Crippen molar-refractivity contribution < 1.29 is 4.74 Å². The number of pyridine rings is 2. The van der Waals surface area contributed by atoms with Gasteiger partial charge in [0.1, 0.15) is 23.4 Å². The van der Waals surface area contributed by atoms with Crippen LogP contribution in [-0.4, -0.2) is 19.6 Å². The summed E-state index contributed by atoms with van der Waals surface area (Å²) in [5, 5.41) is 4.17. The average Bonchev–Trinajstić information content (AvgIpc) is 3.55. The first-order chi connectivity index (χ1) is 18.2. The van der Waals surface area contributed by atoms with Crippen molar-refractivity contribution in [3.05, 3.63) is 133 Å². The Labute approximate surface area is 221 Å². The van der Waals surface area contributed by atoms with E-state index in [2.05, 4.69) is 36.9 Å². The van der Waals surface area contributed by atoms with E-state index in [1.807, 2.05) is 110 Å². The SMILES string of the molecule is Cc1ccc(-n2cccc2[C@@H]2[C@@H](c3ccccn3)NC(=S)N2c2ccc(Oc3ccccc3)cc2)nc1. The molecule has 2 aromatic carbocycles. The minimum Gasteiger partial charge on any atom is -0.457 e. The molecular weight excluding hydrogens is 478 g/mol. The lowest BCUT2D eigenvalue weighted by molar-refractivity contribution is 0.482. The van der Waals surface area contributed by atoms with Gasteiger partial charge in [0, 0.05) is 30.0 Å². The highest BCUT2D eigenvalue weighted by atomic mass is 32.1. The predicted molar refractivity (Wildman–Crippen MR) is 149 cm³/mol. The first kappa shape index (κ1) is 22.9. The van der Waals surface area contributed by atoms with Crippen molar-refractivity contribution in [2.45, 2.75) is 19.0 Å². The fourth-order valence-electron chi connectivity index (χ4n) is 4.68. The molecule has 6 nitrogen and oxygen atoms in total. The molecule has 4 heterocycles. The zero-order valence-electron chi connectivity index (χ0n) is 20.2. The summed E-state index contributed by atoms with van der Waals surface area (Å²) in [7, 11) is 0. The van der Waals surface area contributed by atoms with Gasteiger partial charge in [-0.15, -0.1) is 0 Å². The fraction of sp³-hybridized carbons (Fsp3) is 0.100. The number of hydrogen-bond donors (Lipinski definition) is 1.